The molecule has 0 aromatic carbocycles. The summed E-state index contributed by atoms with van der Waals surface area (Å²) in [5.74, 6) is 1.40. The number of allylic oxidation sites excluding steroid dienone is 1. The molecule has 7 atom stereocenters. The molecule has 0 amide bonds. The second-order valence-corrected chi connectivity index (χ2v) is 9.15. The van der Waals surface area contributed by atoms with Gasteiger partial charge in [-0.15, -0.1) is 0 Å². The average Bonchev–Trinajstić information content (AvgIpc) is 2.92. The van der Waals surface area contributed by atoms with Gasteiger partial charge in [0.05, 0.1) is 17.8 Å². The molecule has 0 unspecified atom stereocenters. The van der Waals surface area contributed by atoms with Crippen LogP contribution in [0.1, 0.15) is 60.3 Å². The van der Waals surface area contributed by atoms with E-state index < -0.39 is 5.60 Å². The molecule has 0 saturated carbocycles. The van der Waals surface area contributed by atoms with Gasteiger partial charge in [-0.1, -0.05) is 32.1 Å². The Morgan fingerprint density at radius 3 is 2.77 bits per heavy atom. The highest BCUT2D eigenvalue weighted by molar-refractivity contribution is 5.66. The van der Waals surface area contributed by atoms with Gasteiger partial charge in [-0.2, -0.15) is 0 Å². The van der Waals surface area contributed by atoms with Crippen molar-refractivity contribution >= 4 is 5.97 Å². The van der Waals surface area contributed by atoms with Crippen molar-refractivity contribution < 1.29 is 19.4 Å². The fraction of sp³-hybridized carbons (Fsp3) is 0.773. The van der Waals surface area contributed by atoms with Crippen molar-refractivity contribution in [2.45, 2.75) is 84.2 Å². The SMILES string of the molecule is C=C1C[C@@H]2O[C@@H]([C@@H]3[C@H]2C(C)=CC[C@H]3C(C)C)[C@@](C)(O)CC[C@H]1OC(C)=O. The van der Waals surface area contributed by atoms with Crippen LogP contribution in [0, 0.1) is 23.7 Å². The zero-order valence-corrected chi connectivity index (χ0v) is 16.8. The lowest BCUT2D eigenvalue weighted by atomic mass is 9.62. The van der Waals surface area contributed by atoms with Crippen LogP contribution in [0.15, 0.2) is 23.8 Å². The number of aliphatic hydroxyl groups is 1. The monoisotopic (exact) mass is 362 g/mol. The summed E-state index contributed by atoms with van der Waals surface area (Å²) >= 11 is 0. The molecule has 4 heteroatoms. The summed E-state index contributed by atoms with van der Waals surface area (Å²) in [6.45, 7) is 14.3. The molecule has 0 spiro atoms. The Kier molecular flexibility index (Phi) is 5.38. The summed E-state index contributed by atoms with van der Waals surface area (Å²) in [6.07, 6.45) is 4.71. The van der Waals surface area contributed by atoms with Gasteiger partial charge in [0.25, 0.3) is 0 Å². The number of hydrogen-bond donors (Lipinski definition) is 1. The van der Waals surface area contributed by atoms with E-state index in [1.807, 2.05) is 6.92 Å². The second kappa shape index (κ2) is 7.12. The third-order valence-corrected chi connectivity index (χ3v) is 6.83. The zero-order chi connectivity index (χ0) is 19.2. The van der Waals surface area contributed by atoms with Gasteiger partial charge in [-0.25, -0.2) is 0 Å². The third-order valence-electron chi connectivity index (χ3n) is 6.83. The maximum atomic E-state index is 11.5. The molecule has 2 bridgehead atoms. The van der Waals surface area contributed by atoms with Crippen LogP contribution in [0.2, 0.25) is 0 Å². The predicted octanol–water partition coefficient (Wildman–Crippen LogP) is 4.03. The van der Waals surface area contributed by atoms with Crippen LogP contribution < -0.4 is 0 Å². The van der Waals surface area contributed by atoms with Gasteiger partial charge < -0.3 is 14.6 Å². The molecule has 2 heterocycles. The van der Waals surface area contributed by atoms with Crippen molar-refractivity contribution in [3.05, 3.63) is 23.8 Å². The minimum Gasteiger partial charge on any atom is -0.458 e. The Labute approximate surface area is 157 Å². The van der Waals surface area contributed by atoms with E-state index in [4.69, 9.17) is 9.47 Å². The molecule has 26 heavy (non-hydrogen) atoms. The van der Waals surface area contributed by atoms with Crippen LogP contribution >= 0.6 is 0 Å². The van der Waals surface area contributed by atoms with Gasteiger partial charge in [0.1, 0.15) is 6.10 Å². The highest BCUT2D eigenvalue weighted by atomic mass is 16.5. The van der Waals surface area contributed by atoms with Crippen molar-refractivity contribution in [1.82, 2.24) is 0 Å². The van der Waals surface area contributed by atoms with E-state index in [9.17, 15) is 9.90 Å². The first-order chi connectivity index (χ1) is 12.1. The number of hydrogen-bond acceptors (Lipinski definition) is 4. The van der Waals surface area contributed by atoms with Crippen molar-refractivity contribution in [2.75, 3.05) is 0 Å². The van der Waals surface area contributed by atoms with Crippen molar-refractivity contribution in [3.8, 4) is 0 Å². The molecule has 2 aliphatic heterocycles. The molecule has 0 aromatic rings. The summed E-state index contributed by atoms with van der Waals surface area (Å²) in [4.78, 5) is 11.5. The molecule has 3 aliphatic rings. The molecular formula is C22H34O4. The van der Waals surface area contributed by atoms with E-state index in [0.717, 1.165) is 12.0 Å². The van der Waals surface area contributed by atoms with Gasteiger partial charge in [-0.3, -0.25) is 4.79 Å². The lowest BCUT2D eigenvalue weighted by Crippen LogP contribution is -2.48. The van der Waals surface area contributed by atoms with Crippen molar-refractivity contribution in [3.63, 3.8) is 0 Å². The summed E-state index contributed by atoms with van der Waals surface area (Å²) in [5.41, 5.74) is 1.33. The van der Waals surface area contributed by atoms with Crippen LogP contribution in [0.3, 0.4) is 0 Å². The average molecular weight is 363 g/mol. The maximum Gasteiger partial charge on any atom is 0.303 e. The van der Waals surface area contributed by atoms with Gasteiger partial charge >= 0.3 is 5.97 Å². The molecule has 2 fully saturated rings. The van der Waals surface area contributed by atoms with E-state index in [2.05, 4.69) is 33.4 Å². The molecule has 1 aliphatic carbocycles. The Hall–Kier alpha value is -1.13. The minimum atomic E-state index is -0.939. The van der Waals surface area contributed by atoms with Gasteiger partial charge in [0.2, 0.25) is 0 Å². The molecule has 4 nitrogen and oxygen atoms in total. The topological polar surface area (TPSA) is 55.8 Å². The number of ether oxygens (including phenoxy) is 2. The number of carbonyl (C=O) groups excluding carboxylic acids is 1. The van der Waals surface area contributed by atoms with E-state index in [0.29, 0.717) is 42.9 Å². The number of fused-ring (bicyclic) bond motifs is 5. The van der Waals surface area contributed by atoms with E-state index in [-0.39, 0.29) is 24.3 Å². The number of esters is 1. The Morgan fingerprint density at radius 2 is 2.15 bits per heavy atom. The van der Waals surface area contributed by atoms with Crippen LogP contribution in [0.25, 0.3) is 0 Å². The second-order valence-electron chi connectivity index (χ2n) is 9.15. The fourth-order valence-electron chi connectivity index (χ4n) is 5.46. The fourth-order valence-corrected chi connectivity index (χ4v) is 5.46. The summed E-state index contributed by atoms with van der Waals surface area (Å²) < 4.78 is 12.0. The Balaban J connectivity index is 1.97. The third kappa shape index (κ3) is 3.50. The van der Waals surface area contributed by atoms with Gasteiger partial charge in [0.15, 0.2) is 0 Å². The highest BCUT2D eigenvalue weighted by Gasteiger charge is 2.56. The number of carbonyl (C=O) groups is 1. The molecular weight excluding hydrogens is 328 g/mol. The first-order valence-electron chi connectivity index (χ1n) is 10.0. The van der Waals surface area contributed by atoms with Crippen molar-refractivity contribution in [1.29, 1.82) is 0 Å². The van der Waals surface area contributed by atoms with Crippen LogP contribution in [0.5, 0.6) is 0 Å². The Morgan fingerprint density at radius 1 is 1.46 bits per heavy atom. The normalized spacial score (nSPS) is 43.2. The zero-order valence-electron chi connectivity index (χ0n) is 16.8. The lowest BCUT2D eigenvalue weighted by Gasteiger charge is -2.42. The minimum absolute atomic E-state index is 0.00191. The standard InChI is InChI=1S/C22H34O4/c1-12(2)16-8-7-13(3)19-18-11-14(4)17(25-15(5)23)9-10-22(6,24)21(26-18)20(16)19/h7,12,16-21,24H,4,8-11H2,1-3,5-6H3/t16-,17+,18-,19-,20-,21-,22-/m0/s1. The molecule has 1 N–H and O–H groups in total. The molecule has 0 aromatic heterocycles. The van der Waals surface area contributed by atoms with E-state index in [1.54, 1.807) is 0 Å². The van der Waals surface area contributed by atoms with Crippen molar-refractivity contribution in [2.24, 2.45) is 23.7 Å². The number of rotatable bonds is 2. The summed E-state index contributed by atoms with van der Waals surface area (Å²) in [6, 6.07) is 0. The first-order valence-corrected chi connectivity index (χ1v) is 10.0. The predicted molar refractivity (Wildman–Crippen MR) is 102 cm³/mol. The van der Waals surface area contributed by atoms with E-state index in [1.165, 1.54) is 12.5 Å². The Bertz CT molecular complexity index is 603. The lowest BCUT2D eigenvalue weighted by molar-refractivity contribution is -0.146. The van der Waals surface area contributed by atoms with Gasteiger partial charge in [0, 0.05) is 18.8 Å². The highest BCUT2D eigenvalue weighted by Crippen LogP contribution is 2.53. The first kappa shape index (κ1) is 19.6. The molecule has 2 saturated heterocycles. The van der Waals surface area contributed by atoms with E-state index >= 15 is 0 Å². The summed E-state index contributed by atoms with van der Waals surface area (Å²) in [5, 5.41) is 11.3. The quantitative estimate of drug-likeness (QED) is 0.595. The smallest absolute Gasteiger partial charge is 0.303 e. The van der Waals surface area contributed by atoms with Gasteiger partial charge in [-0.05, 0) is 56.9 Å². The van der Waals surface area contributed by atoms with Crippen LogP contribution in [0.4, 0.5) is 0 Å². The van der Waals surface area contributed by atoms with Crippen LogP contribution in [-0.2, 0) is 14.3 Å². The largest absolute Gasteiger partial charge is 0.458 e. The summed E-state index contributed by atoms with van der Waals surface area (Å²) in [7, 11) is 0. The maximum absolute atomic E-state index is 11.5. The molecule has 0 radical (unpaired) electrons. The molecule has 146 valence electrons. The van der Waals surface area contributed by atoms with Crippen LogP contribution in [-0.4, -0.2) is 35.0 Å². The molecule has 3 rings (SSSR count).